The number of carboxylic acid groups (broad SMARTS) is 2. The van der Waals surface area contributed by atoms with Crippen molar-refractivity contribution in [2.45, 2.75) is 62.9 Å². The maximum absolute atomic E-state index is 11.4. The van der Waals surface area contributed by atoms with Crippen molar-refractivity contribution in [2.24, 2.45) is 17.3 Å². The molecule has 5 nitrogen and oxygen atoms in total. The predicted molar refractivity (Wildman–Crippen MR) is 90.0 cm³/mol. The van der Waals surface area contributed by atoms with Crippen LogP contribution in [0.25, 0.3) is 0 Å². The lowest BCUT2D eigenvalue weighted by Gasteiger charge is -2.69. The summed E-state index contributed by atoms with van der Waals surface area (Å²) in [4.78, 5) is 22.8. The van der Waals surface area contributed by atoms with Crippen molar-refractivity contribution >= 4 is 20.0 Å². The Bertz CT molecular complexity index is 510. The molecule has 130 valence electrons. The first-order valence-corrected chi connectivity index (χ1v) is 11.8. The van der Waals surface area contributed by atoms with Crippen LogP contribution in [0, 0.1) is 17.3 Å². The molecule has 0 radical (unpaired) electrons. The summed E-state index contributed by atoms with van der Waals surface area (Å²) in [5.41, 5.74) is -0.435. The summed E-state index contributed by atoms with van der Waals surface area (Å²) in [6.45, 7) is 10.7. The van der Waals surface area contributed by atoms with Crippen molar-refractivity contribution < 1.29 is 24.9 Å². The summed E-state index contributed by atoms with van der Waals surface area (Å²) in [6.07, 6.45) is 3.32. The van der Waals surface area contributed by atoms with Gasteiger partial charge in [0.15, 0.2) is 0 Å². The lowest BCUT2D eigenvalue weighted by atomic mass is 9.47. The predicted octanol–water partition coefficient (Wildman–Crippen LogP) is 2.98. The molecule has 2 saturated carbocycles. The van der Waals surface area contributed by atoms with Crippen LogP contribution in [0.5, 0.6) is 0 Å². The Balaban J connectivity index is 2.55. The van der Waals surface area contributed by atoms with E-state index in [1.807, 2.05) is 6.08 Å². The zero-order valence-corrected chi connectivity index (χ0v) is 15.2. The van der Waals surface area contributed by atoms with Crippen LogP contribution < -0.4 is 0 Å². The normalized spacial score (nSPS) is 36.4. The van der Waals surface area contributed by atoms with Crippen LogP contribution in [-0.4, -0.2) is 41.4 Å². The highest BCUT2D eigenvalue weighted by atomic mass is 28.3. The molecular formula is C17H28O5Si. The molecule has 0 aliphatic heterocycles. The van der Waals surface area contributed by atoms with E-state index in [2.05, 4.69) is 26.2 Å². The molecule has 0 bridgehead atoms. The van der Waals surface area contributed by atoms with E-state index in [-0.39, 0.29) is 23.8 Å². The molecule has 2 aliphatic carbocycles. The lowest BCUT2D eigenvalue weighted by Crippen LogP contribution is -2.65. The van der Waals surface area contributed by atoms with Crippen LogP contribution in [0.4, 0.5) is 0 Å². The minimum atomic E-state index is -1.79. The molecule has 0 heterocycles. The van der Waals surface area contributed by atoms with Gasteiger partial charge in [-0.1, -0.05) is 25.7 Å². The molecule has 0 amide bonds. The van der Waals surface area contributed by atoms with Gasteiger partial charge >= 0.3 is 11.9 Å². The molecule has 4 unspecified atom stereocenters. The Hall–Kier alpha value is -1.14. The van der Waals surface area contributed by atoms with E-state index < -0.39 is 37.4 Å². The second kappa shape index (κ2) is 5.74. The maximum Gasteiger partial charge on any atom is 0.303 e. The van der Waals surface area contributed by atoms with Gasteiger partial charge in [0.25, 0.3) is 0 Å². The molecule has 0 spiro atoms. The van der Waals surface area contributed by atoms with Gasteiger partial charge in [0.05, 0.1) is 14.2 Å². The van der Waals surface area contributed by atoms with Crippen LogP contribution in [0.2, 0.25) is 24.7 Å². The summed E-state index contributed by atoms with van der Waals surface area (Å²) >= 11 is 0. The van der Waals surface area contributed by atoms with Crippen LogP contribution in [0.1, 0.15) is 32.1 Å². The fraction of sp³-hybridized carbons (Fsp3) is 0.765. The number of aliphatic hydroxyl groups excluding tert-OH is 1. The third kappa shape index (κ3) is 2.46. The van der Waals surface area contributed by atoms with Gasteiger partial charge in [0, 0.05) is 12.8 Å². The molecule has 3 N–H and O–H groups in total. The Labute approximate surface area is 138 Å². The third-order valence-electron chi connectivity index (χ3n) is 6.61. The van der Waals surface area contributed by atoms with Crippen molar-refractivity contribution in [3.63, 3.8) is 0 Å². The number of carbonyl (C=O) groups is 2. The van der Waals surface area contributed by atoms with Gasteiger partial charge in [0.1, 0.15) is 0 Å². The molecule has 6 heteroatoms. The van der Waals surface area contributed by atoms with Gasteiger partial charge in [-0.2, -0.15) is 0 Å². The van der Waals surface area contributed by atoms with Crippen molar-refractivity contribution in [3.05, 3.63) is 12.7 Å². The van der Waals surface area contributed by atoms with Gasteiger partial charge < -0.3 is 15.3 Å². The number of fused-ring (bicyclic) bond motifs is 1. The van der Waals surface area contributed by atoms with E-state index >= 15 is 0 Å². The molecule has 23 heavy (non-hydrogen) atoms. The van der Waals surface area contributed by atoms with Crippen molar-refractivity contribution in [1.29, 1.82) is 0 Å². The molecule has 0 aromatic heterocycles. The van der Waals surface area contributed by atoms with E-state index in [1.54, 1.807) is 0 Å². The average molecular weight is 340 g/mol. The first kappa shape index (κ1) is 18.2. The van der Waals surface area contributed by atoms with Crippen molar-refractivity contribution in [3.8, 4) is 0 Å². The standard InChI is InChI=1S/C17H28O5Si/c1-5-16(23(2,3)4)10-12-13(18)6-7-17(12,16)11(8-14(19)20)9-15(21)22/h5,11-13,18H,1,6-10H2,2-4H3,(H,19,20)(H,21,22). The smallest absolute Gasteiger partial charge is 0.303 e. The molecular weight excluding hydrogens is 312 g/mol. The van der Waals surface area contributed by atoms with E-state index in [0.29, 0.717) is 12.8 Å². The summed E-state index contributed by atoms with van der Waals surface area (Å²) < 4.78 is 0. The monoisotopic (exact) mass is 340 g/mol. The lowest BCUT2D eigenvalue weighted by molar-refractivity contribution is -0.151. The SMILES string of the molecule is C=CC1([Si](C)(C)C)CC2C(O)CCC21C(CC(=O)O)CC(=O)O. The van der Waals surface area contributed by atoms with E-state index in [9.17, 15) is 24.9 Å². The molecule has 2 aliphatic rings. The third-order valence-corrected chi connectivity index (χ3v) is 10.2. The Morgan fingerprint density at radius 2 is 1.78 bits per heavy atom. The van der Waals surface area contributed by atoms with Gasteiger partial charge in [0.2, 0.25) is 0 Å². The molecule has 0 aromatic carbocycles. The van der Waals surface area contributed by atoms with Gasteiger partial charge in [-0.05, 0) is 41.6 Å². The van der Waals surface area contributed by atoms with Crippen molar-refractivity contribution in [1.82, 2.24) is 0 Å². The second-order valence-corrected chi connectivity index (χ2v) is 13.7. The molecule has 2 rings (SSSR count). The zero-order chi connectivity index (χ0) is 17.6. The summed E-state index contributed by atoms with van der Waals surface area (Å²) in [7, 11) is -1.79. The Kier molecular flexibility index (Phi) is 4.54. The Morgan fingerprint density at radius 3 is 2.13 bits per heavy atom. The number of aliphatic hydroxyl groups is 1. The molecule has 0 saturated heterocycles. The van der Waals surface area contributed by atoms with Gasteiger partial charge in [-0.15, -0.1) is 6.58 Å². The second-order valence-electron chi connectivity index (χ2n) is 8.28. The summed E-state index contributed by atoms with van der Waals surface area (Å²) in [5.74, 6) is -2.40. The summed E-state index contributed by atoms with van der Waals surface area (Å²) in [5, 5.41) is 28.8. The first-order valence-electron chi connectivity index (χ1n) is 8.27. The number of carboxylic acids is 2. The number of rotatable bonds is 7. The van der Waals surface area contributed by atoms with Gasteiger partial charge in [-0.25, -0.2) is 0 Å². The zero-order valence-electron chi connectivity index (χ0n) is 14.2. The fourth-order valence-corrected chi connectivity index (χ4v) is 9.06. The molecule has 2 fully saturated rings. The number of allylic oxidation sites excluding steroid dienone is 1. The number of aliphatic carboxylic acids is 2. The topological polar surface area (TPSA) is 94.8 Å². The highest BCUT2D eigenvalue weighted by Gasteiger charge is 2.73. The highest BCUT2D eigenvalue weighted by Crippen LogP contribution is 2.79. The largest absolute Gasteiger partial charge is 0.481 e. The van der Waals surface area contributed by atoms with Gasteiger partial charge in [-0.3, -0.25) is 9.59 Å². The van der Waals surface area contributed by atoms with Crippen LogP contribution in [0.3, 0.4) is 0 Å². The van der Waals surface area contributed by atoms with E-state index in [4.69, 9.17) is 0 Å². The quantitative estimate of drug-likeness (QED) is 0.489. The van der Waals surface area contributed by atoms with E-state index in [1.165, 1.54) is 0 Å². The average Bonchev–Trinajstić information content (AvgIpc) is 2.60. The van der Waals surface area contributed by atoms with Crippen LogP contribution >= 0.6 is 0 Å². The Morgan fingerprint density at radius 1 is 1.26 bits per heavy atom. The maximum atomic E-state index is 11.4. The number of hydrogen-bond donors (Lipinski definition) is 3. The minimum absolute atomic E-state index is 0.00377. The minimum Gasteiger partial charge on any atom is -0.481 e. The molecule has 0 aromatic rings. The summed E-state index contributed by atoms with van der Waals surface area (Å²) in [6, 6.07) is 0. The van der Waals surface area contributed by atoms with E-state index in [0.717, 1.165) is 6.42 Å². The highest BCUT2D eigenvalue weighted by molar-refractivity contribution is 6.80. The van der Waals surface area contributed by atoms with Crippen molar-refractivity contribution in [2.75, 3.05) is 0 Å². The fourth-order valence-electron chi connectivity index (χ4n) is 5.71. The number of hydrogen-bond acceptors (Lipinski definition) is 3. The van der Waals surface area contributed by atoms with Crippen LogP contribution in [-0.2, 0) is 9.59 Å². The molecule has 4 atom stereocenters. The van der Waals surface area contributed by atoms with Crippen LogP contribution in [0.15, 0.2) is 12.7 Å². The first-order chi connectivity index (χ1) is 10.5.